The fourth-order valence-corrected chi connectivity index (χ4v) is 1.95. The average Bonchev–Trinajstić information content (AvgIpc) is 2.15. The number of nitrogens with zero attached hydrogens (tertiary/aromatic N) is 1. The molecule has 2 N–H and O–H groups in total. The molecule has 4 nitrogen and oxygen atoms in total. The van der Waals surface area contributed by atoms with E-state index in [4.69, 9.17) is 5.11 Å². The molecule has 0 aromatic carbocycles. The third-order valence-corrected chi connectivity index (χ3v) is 2.86. The van der Waals surface area contributed by atoms with Crippen LogP contribution in [0.1, 0.15) is 25.7 Å². The van der Waals surface area contributed by atoms with Crippen LogP contribution in [-0.2, 0) is 4.79 Å². The van der Waals surface area contributed by atoms with E-state index in [-0.39, 0.29) is 12.0 Å². The summed E-state index contributed by atoms with van der Waals surface area (Å²) < 4.78 is 0. The van der Waals surface area contributed by atoms with Crippen molar-refractivity contribution in [3.63, 3.8) is 0 Å². The number of aromatic nitrogens is 1. The quantitative estimate of drug-likeness (QED) is 0.789. The average molecular weight is 206 g/mol. The normalized spacial score (nSPS) is 17.9. The van der Waals surface area contributed by atoms with Crippen molar-refractivity contribution in [2.45, 2.75) is 31.2 Å². The predicted molar refractivity (Wildman–Crippen MR) is 56.7 cm³/mol. The van der Waals surface area contributed by atoms with E-state index in [1.54, 1.807) is 6.20 Å². The van der Waals surface area contributed by atoms with Gasteiger partial charge in [0.2, 0.25) is 0 Å². The first-order valence-electron chi connectivity index (χ1n) is 5.11. The van der Waals surface area contributed by atoms with Gasteiger partial charge in [-0.2, -0.15) is 0 Å². The van der Waals surface area contributed by atoms with Gasteiger partial charge in [0, 0.05) is 11.7 Å². The number of carboxylic acids is 1. The summed E-state index contributed by atoms with van der Waals surface area (Å²) in [6.07, 6.45) is 4.79. The van der Waals surface area contributed by atoms with Crippen molar-refractivity contribution in [1.29, 1.82) is 0 Å². The third kappa shape index (κ3) is 2.26. The molecule has 0 unspecified atom stereocenters. The smallest absolute Gasteiger partial charge is 0.305 e. The molecule has 0 atom stereocenters. The minimum atomic E-state index is -0.752. The summed E-state index contributed by atoms with van der Waals surface area (Å²) in [4.78, 5) is 14.9. The van der Waals surface area contributed by atoms with Gasteiger partial charge < -0.3 is 10.4 Å². The molecule has 0 bridgehead atoms. The van der Waals surface area contributed by atoms with Crippen molar-refractivity contribution in [2.24, 2.45) is 0 Å². The van der Waals surface area contributed by atoms with Crippen LogP contribution in [-0.4, -0.2) is 21.6 Å². The van der Waals surface area contributed by atoms with Crippen LogP contribution in [0.25, 0.3) is 0 Å². The van der Waals surface area contributed by atoms with Crippen molar-refractivity contribution < 1.29 is 9.90 Å². The summed E-state index contributed by atoms with van der Waals surface area (Å²) in [7, 11) is 0. The van der Waals surface area contributed by atoms with Crippen LogP contribution in [0.3, 0.4) is 0 Å². The van der Waals surface area contributed by atoms with Crippen LogP contribution >= 0.6 is 0 Å². The SMILES string of the molecule is O=C(O)CC1(Nc2ccccn2)CCC1. The second kappa shape index (κ2) is 3.88. The van der Waals surface area contributed by atoms with Crippen LogP contribution in [0.5, 0.6) is 0 Å². The van der Waals surface area contributed by atoms with Gasteiger partial charge in [-0.25, -0.2) is 4.98 Å². The molecule has 2 rings (SSSR count). The van der Waals surface area contributed by atoms with Crippen LogP contribution in [0, 0.1) is 0 Å². The Hall–Kier alpha value is -1.58. The maximum Gasteiger partial charge on any atom is 0.305 e. The maximum absolute atomic E-state index is 10.7. The Balaban J connectivity index is 2.05. The first-order chi connectivity index (χ1) is 7.20. The Bertz CT molecular complexity index is 347. The lowest BCUT2D eigenvalue weighted by atomic mass is 9.74. The number of nitrogens with one attached hydrogen (secondary N) is 1. The zero-order valence-electron chi connectivity index (χ0n) is 8.44. The topological polar surface area (TPSA) is 62.2 Å². The molecule has 1 aliphatic rings. The van der Waals surface area contributed by atoms with Crippen molar-refractivity contribution in [2.75, 3.05) is 5.32 Å². The lowest BCUT2D eigenvalue weighted by Crippen LogP contribution is -2.46. The van der Waals surface area contributed by atoms with Gasteiger partial charge in [0.1, 0.15) is 5.82 Å². The minimum absolute atomic E-state index is 0.170. The number of pyridine rings is 1. The van der Waals surface area contributed by atoms with Gasteiger partial charge in [-0.1, -0.05) is 6.07 Å². The molecule has 15 heavy (non-hydrogen) atoms. The summed E-state index contributed by atoms with van der Waals surface area (Å²) >= 11 is 0. The number of carboxylic acid groups (broad SMARTS) is 1. The molecular formula is C11H14N2O2. The molecule has 0 radical (unpaired) electrons. The number of carbonyl (C=O) groups is 1. The van der Waals surface area contributed by atoms with E-state index < -0.39 is 5.97 Å². The first kappa shape index (κ1) is 9.96. The van der Waals surface area contributed by atoms with Crippen LogP contribution in [0.2, 0.25) is 0 Å². The van der Waals surface area contributed by atoms with Gasteiger partial charge in [0.05, 0.1) is 6.42 Å². The highest BCUT2D eigenvalue weighted by atomic mass is 16.4. The van der Waals surface area contributed by atoms with E-state index in [1.165, 1.54) is 0 Å². The van der Waals surface area contributed by atoms with Crippen molar-refractivity contribution in [3.05, 3.63) is 24.4 Å². The number of rotatable bonds is 4. The molecule has 1 fully saturated rings. The Labute approximate surface area is 88.3 Å². The molecule has 1 aliphatic carbocycles. The number of hydrogen-bond donors (Lipinski definition) is 2. The molecule has 1 saturated carbocycles. The highest BCUT2D eigenvalue weighted by Crippen LogP contribution is 2.37. The lowest BCUT2D eigenvalue weighted by molar-refractivity contribution is -0.138. The fourth-order valence-electron chi connectivity index (χ4n) is 1.95. The largest absolute Gasteiger partial charge is 0.481 e. The Morgan fingerprint density at radius 2 is 2.33 bits per heavy atom. The van der Waals surface area contributed by atoms with Gasteiger partial charge in [0.15, 0.2) is 0 Å². The number of aliphatic carboxylic acids is 1. The van der Waals surface area contributed by atoms with Gasteiger partial charge >= 0.3 is 5.97 Å². The molecule has 1 heterocycles. The molecule has 4 heteroatoms. The Morgan fingerprint density at radius 1 is 1.53 bits per heavy atom. The van der Waals surface area contributed by atoms with Crippen LogP contribution in [0.15, 0.2) is 24.4 Å². The van der Waals surface area contributed by atoms with E-state index >= 15 is 0 Å². The van der Waals surface area contributed by atoms with E-state index in [0.29, 0.717) is 0 Å². The molecule has 1 aromatic heterocycles. The Kier molecular flexibility index (Phi) is 2.58. The van der Waals surface area contributed by atoms with Gasteiger partial charge in [-0.3, -0.25) is 4.79 Å². The second-order valence-corrected chi connectivity index (χ2v) is 4.04. The monoisotopic (exact) mass is 206 g/mol. The molecule has 0 amide bonds. The number of anilines is 1. The van der Waals surface area contributed by atoms with Crippen molar-refractivity contribution in [1.82, 2.24) is 4.98 Å². The Morgan fingerprint density at radius 3 is 2.80 bits per heavy atom. The zero-order valence-corrected chi connectivity index (χ0v) is 8.44. The van der Waals surface area contributed by atoms with Crippen molar-refractivity contribution in [3.8, 4) is 0 Å². The standard InChI is InChI=1S/C11H14N2O2/c14-10(15)8-11(5-3-6-11)13-9-4-1-2-7-12-9/h1-2,4,7H,3,5-6,8H2,(H,12,13)(H,14,15). The second-order valence-electron chi connectivity index (χ2n) is 4.04. The summed E-state index contributed by atoms with van der Waals surface area (Å²) in [5.41, 5.74) is -0.264. The molecule has 0 saturated heterocycles. The van der Waals surface area contributed by atoms with E-state index in [0.717, 1.165) is 25.1 Å². The first-order valence-corrected chi connectivity index (χ1v) is 5.11. The van der Waals surface area contributed by atoms with Gasteiger partial charge in [0.25, 0.3) is 0 Å². The summed E-state index contributed by atoms with van der Waals surface area (Å²) in [5, 5.41) is 12.1. The maximum atomic E-state index is 10.7. The highest BCUT2D eigenvalue weighted by Gasteiger charge is 2.39. The third-order valence-electron chi connectivity index (χ3n) is 2.86. The lowest BCUT2D eigenvalue weighted by Gasteiger charge is -2.41. The van der Waals surface area contributed by atoms with E-state index in [1.807, 2.05) is 18.2 Å². The minimum Gasteiger partial charge on any atom is -0.481 e. The molecular weight excluding hydrogens is 192 g/mol. The van der Waals surface area contributed by atoms with Gasteiger partial charge in [-0.05, 0) is 31.4 Å². The molecule has 0 spiro atoms. The molecule has 0 aliphatic heterocycles. The molecule has 1 aromatic rings. The zero-order chi connectivity index (χ0) is 10.7. The highest BCUT2D eigenvalue weighted by molar-refractivity contribution is 5.69. The van der Waals surface area contributed by atoms with Crippen LogP contribution < -0.4 is 5.32 Å². The fraction of sp³-hybridized carbons (Fsp3) is 0.455. The summed E-state index contributed by atoms with van der Waals surface area (Å²) in [6.45, 7) is 0. The summed E-state index contributed by atoms with van der Waals surface area (Å²) in [5.74, 6) is 0.0107. The van der Waals surface area contributed by atoms with E-state index in [2.05, 4.69) is 10.3 Å². The van der Waals surface area contributed by atoms with Gasteiger partial charge in [-0.15, -0.1) is 0 Å². The summed E-state index contributed by atoms with van der Waals surface area (Å²) in [6, 6.07) is 5.60. The van der Waals surface area contributed by atoms with Crippen molar-refractivity contribution >= 4 is 11.8 Å². The molecule has 80 valence electrons. The van der Waals surface area contributed by atoms with E-state index in [9.17, 15) is 4.79 Å². The predicted octanol–water partition coefficient (Wildman–Crippen LogP) is 1.89. The van der Waals surface area contributed by atoms with Crippen LogP contribution in [0.4, 0.5) is 5.82 Å². The number of hydrogen-bond acceptors (Lipinski definition) is 3.